The van der Waals surface area contributed by atoms with Gasteiger partial charge in [0, 0.05) is 12.1 Å². The van der Waals surface area contributed by atoms with Gasteiger partial charge in [-0.2, -0.15) is 0 Å². The number of carbonyl (C=O) groups excluding carboxylic acids is 3. The maximum atomic E-state index is 12.8. The van der Waals surface area contributed by atoms with Crippen molar-refractivity contribution in [3.8, 4) is 5.75 Å². The van der Waals surface area contributed by atoms with E-state index in [2.05, 4.69) is 11.9 Å². The molecule has 188 valence electrons. The summed E-state index contributed by atoms with van der Waals surface area (Å²) in [5.74, 6) is -2.51. The highest BCUT2D eigenvalue weighted by molar-refractivity contribution is 7.92. The van der Waals surface area contributed by atoms with Gasteiger partial charge in [0.05, 0.1) is 10.7 Å². The van der Waals surface area contributed by atoms with Gasteiger partial charge in [0.1, 0.15) is 18.4 Å². The van der Waals surface area contributed by atoms with Crippen LogP contribution in [0.5, 0.6) is 5.75 Å². The third kappa shape index (κ3) is 4.91. The summed E-state index contributed by atoms with van der Waals surface area (Å²) in [4.78, 5) is 49.0. The monoisotopic (exact) mass is 515 g/mol. The minimum absolute atomic E-state index is 0.0366. The number of β-lactam (4-membered cyclic amide) rings is 1. The number of esters is 1. The SMILES string of the molecule is C=C1CS(=O)(=O)[C@H]2C(NC(=O)COc3ccccc3)C(=O)N2C1C(=O)OCc1ccc([N+](=O)[O-])cc1. The first-order valence-electron chi connectivity index (χ1n) is 10.7. The van der Waals surface area contributed by atoms with Crippen LogP contribution in [0, 0.1) is 10.1 Å². The molecule has 0 aromatic heterocycles. The van der Waals surface area contributed by atoms with Crippen molar-refractivity contribution in [1.82, 2.24) is 10.2 Å². The minimum Gasteiger partial charge on any atom is -0.484 e. The summed E-state index contributed by atoms with van der Waals surface area (Å²) < 4.78 is 36.1. The average Bonchev–Trinajstić information content (AvgIpc) is 2.84. The van der Waals surface area contributed by atoms with Gasteiger partial charge in [0.15, 0.2) is 27.9 Å². The Hall–Kier alpha value is -4.26. The number of fused-ring (bicyclic) bond motifs is 1. The summed E-state index contributed by atoms with van der Waals surface area (Å²) >= 11 is 0. The van der Waals surface area contributed by atoms with Crippen molar-refractivity contribution in [2.24, 2.45) is 0 Å². The molecule has 2 aromatic rings. The molecule has 2 saturated heterocycles. The molecule has 2 heterocycles. The number of nitrogens with one attached hydrogen (secondary N) is 1. The smallest absolute Gasteiger partial charge is 0.333 e. The van der Waals surface area contributed by atoms with Crippen LogP contribution in [-0.2, 0) is 35.6 Å². The molecule has 2 unspecified atom stereocenters. The zero-order valence-corrected chi connectivity index (χ0v) is 19.6. The third-order valence-corrected chi connectivity index (χ3v) is 7.69. The Bertz CT molecular complexity index is 1330. The van der Waals surface area contributed by atoms with Gasteiger partial charge in [-0.25, -0.2) is 13.2 Å². The number of nitrogens with zero attached hydrogens (tertiary/aromatic N) is 2. The van der Waals surface area contributed by atoms with E-state index >= 15 is 0 Å². The van der Waals surface area contributed by atoms with Gasteiger partial charge in [-0.1, -0.05) is 24.8 Å². The molecule has 0 aliphatic carbocycles. The number of nitro groups is 1. The molecule has 1 N–H and O–H groups in total. The van der Waals surface area contributed by atoms with Crippen LogP contribution in [0.2, 0.25) is 0 Å². The van der Waals surface area contributed by atoms with Crippen molar-refractivity contribution in [3.05, 3.63) is 82.4 Å². The fraction of sp³-hybridized carbons (Fsp3) is 0.261. The van der Waals surface area contributed by atoms with Crippen molar-refractivity contribution in [3.63, 3.8) is 0 Å². The van der Waals surface area contributed by atoms with Crippen molar-refractivity contribution < 1.29 is 37.2 Å². The molecular weight excluding hydrogens is 494 g/mol. The molecule has 4 rings (SSSR count). The van der Waals surface area contributed by atoms with E-state index in [1.54, 1.807) is 30.3 Å². The van der Waals surface area contributed by atoms with E-state index in [-0.39, 0.29) is 17.9 Å². The molecule has 2 aliphatic rings. The molecule has 2 aliphatic heterocycles. The normalized spacial score (nSPS) is 22.1. The molecule has 13 heteroatoms. The van der Waals surface area contributed by atoms with E-state index in [0.717, 1.165) is 4.90 Å². The second-order valence-corrected chi connectivity index (χ2v) is 10.3. The Kier molecular flexibility index (Phi) is 6.75. The van der Waals surface area contributed by atoms with Crippen LogP contribution in [0.1, 0.15) is 5.56 Å². The lowest BCUT2D eigenvalue weighted by molar-refractivity contribution is -0.384. The zero-order valence-electron chi connectivity index (χ0n) is 18.7. The highest BCUT2D eigenvalue weighted by atomic mass is 32.2. The quantitative estimate of drug-likeness (QED) is 0.175. The van der Waals surface area contributed by atoms with Crippen molar-refractivity contribution in [2.45, 2.75) is 24.1 Å². The second kappa shape index (κ2) is 9.77. The van der Waals surface area contributed by atoms with Gasteiger partial charge in [-0.05, 0) is 35.4 Å². The van der Waals surface area contributed by atoms with Gasteiger partial charge in [-0.15, -0.1) is 0 Å². The van der Waals surface area contributed by atoms with Crippen LogP contribution in [0.15, 0.2) is 66.7 Å². The molecule has 0 spiro atoms. The largest absolute Gasteiger partial charge is 0.484 e. The fourth-order valence-electron chi connectivity index (χ4n) is 4.00. The van der Waals surface area contributed by atoms with Crippen molar-refractivity contribution in [1.29, 1.82) is 0 Å². The van der Waals surface area contributed by atoms with Gasteiger partial charge in [-0.3, -0.25) is 19.7 Å². The Morgan fingerprint density at radius 3 is 2.44 bits per heavy atom. The Morgan fingerprint density at radius 2 is 1.81 bits per heavy atom. The predicted octanol–water partition coefficient (Wildman–Crippen LogP) is 0.723. The summed E-state index contributed by atoms with van der Waals surface area (Å²) in [6.07, 6.45) is 0. The maximum Gasteiger partial charge on any atom is 0.333 e. The van der Waals surface area contributed by atoms with Crippen LogP contribution >= 0.6 is 0 Å². The molecule has 0 bridgehead atoms. The number of rotatable bonds is 8. The molecular formula is C23H21N3O9S. The first kappa shape index (κ1) is 24.9. The second-order valence-electron chi connectivity index (χ2n) is 8.18. The van der Waals surface area contributed by atoms with E-state index in [4.69, 9.17) is 9.47 Å². The highest BCUT2D eigenvalue weighted by Crippen LogP contribution is 2.36. The third-order valence-electron chi connectivity index (χ3n) is 5.68. The number of hydrogen-bond donors (Lipinski definition) is 1. The molecule has 2 amide bonds. The number of nitro benzene ring substituents is 1. The molecule has 2 fully saturated rings. The lowest BCUT2D eigenvalue weighted by atomic mass is 9.98. The molecule has 36 heavy (non-hydrogen) atoms. The summed E-state index contributed by atoms with van der Waals surface area (Å²) in [5.41, 5.74) is 0.288. The van der Waals surface area contributed by atoms with Gasteiger partial charge >= 0.3 is 5.97 Å². The molecule has 0 radical (unpaired) electrons. The van der Waals surface area contributed by atoms with Crippen molar-refractivity contribution >= 4 is 33.3 Å². The minimum atomic E-state index is -3.94. The number of amides is 2. The van der Waals surface area contributed by atoms with E-state index in [1.807, 2.05) is 0 Å². The van der Waals surface area contributed by atoms with E-state index in [9.17, 15) is 32.9 Å². The predicted molar refractivity (Wildman–Crippen MR) is 124 cm³/mol. The summed E-state index contributed by atoms with van der Waals surface area (Å²) in [5, 5.41) is 11.7. The number of benzene rings is 2. The van der Waals surface area contributed by atoms with Crippen LogP contribution in [-0.4, -0.2) is 65.8 Å². The molecule has 2 aromatic carbocycles. The zero-order chi connectivity index (χ0) is 26.0. The summed E-state index contributed by atoms with van der Waals surface area (Å²) in [6.45, 7) is 2.95. The Labute approximate surface area is 205 Å². The number of non-ortho nitro benzene ring substituents is 1. The van der Waals surface area contributed by atoms with Crippen LogP contribution in [0.4, 0.5) is 5.69 Å². The summed E-state index contributed by atoms with van der Waals surface area (Å²) in [7, 11) is -3.94. The van der Waals surface area contributed by atoms with Crippen LogP contribution in [0.25, 0.3) is 0 Å². The molecule has 0 saturated carbocycles. The Morgan fingerprint density at radius 1 is 1.14 bits per heavy atom. The van der Waals surface area contributed by atoms with E-state index in [0.29, 0.717) is 11.3 Å². The average molecular weight is 516 g/mol. The first-order chi connectivity index (χ1) is 17.1. The van der Waals surface area contributed by atoms with E-state index in [1.165, 1.54) is 24.3 Å². The highest BCUT2D eigenvalue weighted by Gasteiger charge is 2.62. The number of para-hydroxylation sites is 1. The fourth-order valence-corrected chi connectivity index (χ4v) is 6.02. The number of ether oxygens (including phenoxy) is 2. The lowest BCUT2D eigenvalue weighted by Crippen LogP contribution is -2.78. The van der Waals surface area contributed by atoms with Crippen LogP contribution in [0.3, 0.4) is 0 Å². The Balaban J connectivity index is 1.41. The maximum absolute atomic E-state index is 12.8. The standard InChI is InChI=1S/C23H21N3O9S/c1-14-13-36(32,33)22-19(24-18(27)12-34-17-5-3-2-4-6-17)21(28)25(22)20(14)23(29)35-11-15-7-9-16(10-8-15)26(30)31/h2-10,19-20,22H,1,11-13H2,(H,24,27)/t19?,20?,22-/m0/s1. The first-order valence-corrected chi connectivity index (χ1v) is 12.4. The van der Waals surface area contributed by atoms with Gasteiger partial charge in [0.25, 0.3) is 17.5 Å². The summed E-state index contributed by atoms with van der Waals surface area (Å²) in [6, 6.07) is 11.0. The molecule has 12 nitrogen and oxygen atoms in total. The van der Waals surface area contributed by atoms with Gasteiger partial charge < -0.3 is 19.7 Å². The molecule has 3 atom stereocenters. The number of hydrogen-bond acceptors (Lipinski definition) is 9. The van der Waals surface area contributed by atoms with E-state index < -0.39 is 62.4 Å². The van der Waals surface area contributed by atoms with Crippen molar-refractivity contribution in [2.75, 3.05) is 12.4 Å². The number of carbonyl (C=O) groups is 3. The topological polar surface area (TPSA) is 162 Å². The van der Waals surface area contributed by atoms with Gasteiger partial charge in [0.2, 0.25) is 0 Å². The number of sulfone groups is 1. The lowest BCUT2D eigenvalue weighted by Gasteiger charge is -2.52. The van der Waals surface area contributed by atoms with Crippen LogP contribution < -0.4 is 10.1 Å².